The van der Waals surface area contributed by atoms with E-state index in [0.717, 1.165) is 14.9 Å². The second kappa shape index (κ2) is 5.75. The van der Waals surface area contributed by atoms with E-state index in [9.17, 15) is 4.79 Å². The maximum Gasteiger partial charge on any atom is 0.259 e. The van der Waals surface area contributed by atoms with Crippen LogP contribution in [0.15, 0.2) is 27.8 Å². The average Bonchev–Trinajstić information content (AvgIpc) is 2.75. The van der Waals surface area contributed by atoms with Crippen molar-refractivity contribution < 1.29 is 4.79 Å². The first-order chi connectivity index (χ1) is 9.04. The van der Waals surface area contributed by atoms with Crippen molar-refractivity contribution in [2.45, 2.75) is 11.8 Å². The van der Waals surface area contributed by atoms with Crippen LogP contribution in [0.5, 0.6) is 0 Å². The van der Waals surface area contributed by atoms with Gasteiger partial charge in [-0.2, -0.15) is 10.1 Å². The van der Waals surface area contributed by atoms with Crippen LogP contribution in [-0.4, -0.2) is 26.9 Å². The van der Waals surface area contributed by atoms with Gasteiger partial charge in [0.05, 0.1) is 5.56 Å². The molecule has 0 saturated heterocycles. The van der Waals surface area contributed by atoms with Crippen molar-refractivity contribution in [1.82, 2.24) is 14.8 Å². The SMILES string of the molecule is CSc1c(C)ccc(C(=O)Nc2ncnn2C)c1Br. The molecule has 0 unspecified atom stereocenters. The fraction of sp³-hybridized carbons (Fsp3) is 0.250. The monoisotopic (exact) mass is 340 g/mol. The van der Waals surface area contributed by atoms with Gasteiger partial charge in [0.2, 0.25) is 5.95 Å². The molecule has 7 heteroatoms. The number of carbonyl (C=O) groups excluding carboxylic acids is 1. The molecule has 1 heterocycles. The van der Waals surface area contributed by atoms with Gasteiger partial charge in [0.1, 0.15) is 6.33 Å². The zero-order valence-electron chi connectivity index (χ0n) is 10.8. The molecule has 0 fully saturated rings. The molecule has 0 saturated carbocycles. The second-order valence-electron chi connectivity index (χ2n) is 3.94. The van der Waals surface area contributed by atoms with Crippen molar-refractivity contribution in [3.8, 4) is 0 Å². The number of rotatable bonds is 3. The minimum absolute atomic E-state index is 0.210. The van der Waals surface area contributed by atoms with Crippen LogP contribution < -0.4 is 5.32 Å². The normalized spacial score (nSPS) is 10.5. The highest BCUT2D eigenvalue weighted by Gasteiger charge is 2.16. The van der Waals surface area contributed by atoms with Gasteiger partial charge in [0, 0.05) is 16.4 Å². The summed E-state index contributed by atoms with van der Waals surface area (Å²) in [6, 6.07) is 3.73. The molecule has 0 radical (unpaired) electrons. The summed E-state index contributed by atoms with van der Waals surface area (Å²) in [6.07, 6.45) is 3.38. The Kier molecular flexibility index (Phi) is 4.26. The van der Waals surface area contributed by atoms with E-state index in [0.29, 0.717) is 11.5 Å². The number of nitrogens with zero attached hydrogens (tertiary/aromatic N) is 3. The van der Waals surface area contributed by atoms with Crippen LogP contribution in [-0.2, 0) is 7.05 Å². The topological polar surface area (TPSA) is 59.8 Å². The molecule has 19 heavy (non-hydrogen) atoms. The molecule has 0 spiro atoms. The number of aryl methyl sites for hydroxylation is 2. The van der Waals surface area contributed by atoms with E-state index < -0.39 is 0 Å². The molecular formula is C12H13BrN4OS. The Labute approximate surface area is 123 Å². The Morgan fingerprint density at radius 3 is 2.79 bits per heavy atom. The van der Waals surface area contributed by atoms with E-state index >= 15 is 0 Å². The molecule has 0 aliphatic carbocycles. The lowest BCUT2D eigenvalue weighted by molar-refractivity contribution is 0.102. The molecule has 0 aliphatic heterocycles. The van der Waals surface area contributed by atoms with Crippen LogP contribution in [0.3, 0.4) is 0 Å². The molecular weight excluding hydrogens is 328 g/mol. The quantitative estimate of drug-likeness (QED) is 0.872. The van der Waals surface area contributed by atoms with Crippen LogP contribution in [0.25, 0.3) is 0 Å². The van der Waals surface area contributed by atoms with Crippen LogP contribution in [0, 0.1) is 6.92 Å². The lowest BCUT2D eigenvalue weighted by Crippen LogP contribution is -2.16. The van der Waals surface area contributed by atoms with E-state index in [1.165, 1.54) is 11.0 Å². The summed E-state index contributed by atoms with van der Waals surface area (Å²) in [6.45, 7) is 2.01. The van der Waals surface area contributed by atoms with Gasteiger partial charge in [0.15, 0.2) is 0 Å². The molecule has 1 amide bonds. The summed E-state index contributed by atoms with van der Waals surface area (Å²) in [5, 5.41) is 6.64. The van der Waals surface area contributed by atoms with Gasteiger partial charge >= 0.3 is 0 Å². The number of nitrogens with one attached hydrogen (secondary N) is 1. The third-order valence-electron chi connectivity index (χ3n) is 2.68. The molecule has 1 aromatic carbocycles. The number of amides is 1. The maximum atomic E-state index is 12.2. The molecule has 0 aliphatic rings. The van der Waals surface area contributed by atoms with Crippen LogP contribution in [0.1, 0.15) is 15.9 Å². The number of carbonyl (C=O) groups is 1. The van der Waals surface area contributed by atoms with E-state index in [1.807, 2.05) is 19.2 Å². The smallest absolute Gasteiger partial charge is 0.259 e. The highest BCUT2D eigenvalue weighted by atomic mass is 79.9. The Morgan fingerprint density at radius 1 is 1.47 bits per heavy atom. The zero-order valence-corrected chi connectivity index (χ0v) is 13.2. The summed E-state index contributed by atoms with van der Waals surface area (Å²) in [7, 11) is 1.72. The van der Waals surface area contributed by atoms with Gasteiger partial charge in [-0.05, 0) is 40.7 Å². The summed E-state index contributed by atoms with van der Waals surface area (Å²) < 4.78 is 2.31. The van der Waals surface area contributed by atoms with E-state index in [-0.39, 0.29) is 5.91 Å². The Balaban J connectivity index is 2.32. The first kappa shape index (κ1) is 14.1. The molecule has 0 bridgehead atoms. The fourth-order valence-electron chi connectivity index (χ4n) is 1.66. The third kappa shape index (κ3) is 2.82. The number of benzene rings is 1. The van der Waals surface area contributed by atoms with Crippen LogP contribution in [0.2, 0.25) is 0 Å². The number of hydrogen-bond acceptors (Lipinski definition) is 4. The highest BCUT2D eigenvalue weighted by Crippen LogP contribution is 2.32. The third-order valence-corrected chi connectivity index (χ3v) is 4.70. The van der Waals surface area contributed by atoms with E-state index in [1.54, 1.807) is 24.9 Å². The van der Waals surface area contributed by atoms with Crippen molar-refractivity contribution in [1.29, 1.82) is 0 Å². The Bertz CT molecular complexity index is 626. The van der Waals surface area contributed by atoms with Crippen LogP contribution >= 0.6 is 27.7 Å². The summed E-state index contributed by atoms with van der Waals surface area (Å²) in [4.78, 5) is 17.3. The summed E-state index contributed by atoms with van der Waals surface area (Å²) in [5.41, 5.74) is 1.72. The predicted molar refractivity (Wildman–Crippen MR) is 79.6 cm³/mol. The fourth-order valence-corrected chi connectivity index (χ4v) is 3.45. The van der Waals surface area contributed by atoms with Gasteiger partial charge in [0.25, 0.3) is 5.91 Å². The van der Waals surface area contributed by atoms with E-state index in [2.05, 4.69) is 31.3 Å². The van der Waals surface area contributed by atoms with Crippen molar-refractivity contribution in [3.05, 3.63) is 34.1 Å². The van der Waals surface area contributed by atoms with E-state index in [4.69, 9.17) is 0 Å². The number of anilines is 1. The van der Waals surface area contributed by atoms with Crippen molar-refractivity contribution in [2.24, 2.45) is 7.05 Å². The Hall–Kier alpha value is -1.34. The molecule has 1 aromatic heterocycles. The van der Waals surface area contributed by atoms with Crippen molar-refractivity contribution in [2.75, 3.05) is 11.6 Å². The highest BCUT2D eigenvalue weighted by molar-refractivity contribution is 9.10. The molecule has 0 atom stereocenters. The average molecular weight is 341 g/mol. The minimum Gasteiger partial charge on any atom is -0.291 e. The van der Waals surface area contributed by atoms with Gasteiger partial charge in [-0.1, -0.05) is 6.07 Å². The van der Waals surface area contributed by atoms with Crippen molar-refractivity contribution in [3.63, 3.8) is 0 Å². The lowest BCUT2D eigenvalue weighted by atomic mass is 10.1. The standard InChI is InChI=1S/C12H13BrN4OS/c1-7-4-5-8(9(13)10(7)19-3)11(18)16-12-14-6-15-17(12)2/h4-6H,1-3H3,(H,14,15,16,18). The molecule has 5 nitrogen and oxygen atoms in total. The predicted octanol–water partition coefficient (Wildman–Crippen LogP) is 2.86. The molecule has 2 rings (SSSR count). The van der Waals surface area contributed by atoms with Gasteiger partial charge in [-0.25, -0.2) is 4.68 Å². The summed E-state index contributed by atoms with van der Waals surface area (Å²) in [5.74, 6) is 0.210. The molecule has 1 N–H and O–H groups in total. The molecule has 2 aromatic rings. The van der Waals surface area contributed by atoms with Crippen LogP contribution in [0.4, 0.5) is 5.95 Å². The number of halogens is 1. The number of thioether (sulfide) groups is 1. The molecule has 100 valence electrons. The lowest BCUT2D eigenvalue weighted by Gasteiger charge is -2.11. The van der Waals surface area contributed by atoms with Crippen molar-refractivity contribution >= 4 is 39.5 Å². The van der Waals surface area contributed by atoms with Gasteiger partial charge < -0.3 is 0 Å². The Morgan fingerprint density at radius 2 is 2.21 bits per heavy atom. The number of hydrogen-bond donors (Lipinski definition) is 1. The minimum atomic E-state index is -0.210. The van der Waals surface area contributed by atoms with Gasteiger partial charge in [-0.15, -0.1) is 11.8 Å². The maximum absolute atomic E-state index is 12.2. The van der Waals surface area contributed by atoms with Gasteiger partial charge in [-0.3, -0.25) is 10.1 Å². The number of aromatic nitrogens is 3. The summed E-state index contributed by atoms with van der Waals surface area (Å²) >= 11 is 5.10. The first-order valence-electron chi connectivity index (χ1n) is 5.53. The second-order valence-corrected chi connectivity index (χ2v) is 5.55. The zero-order chi connectivity index (χ0) is 14.0. The largest absolute Gasteiger partial charge is 0.291 e. The first-order valence-corrected chi connectivity index (χ1v) is 7.54.